The molecule has 0 atom stereocenters. The van der Waals surface area contributed by atoms with Crippen molar-refractivity contribution in [1.29, 1.82) is 0 Å². The van der Waals surface area contributed by atoms with Crippen molar-refractivity contribution in [3.8, 4) is 10.4 Å². The molecule has 118 valence electrons. The van der Waals surface area contributed by atoms with Gasteiger partial charge in [0.15, 0.2) is 0 Å². The first-order valence-corrected chi connectivity index (χ1v) is 8.29. The van der Waals surface area contributed by atoms with Gasteiger partial charge in [-0.1, -0.05) is 30.3 Å². The van der Waals surface area contributed by atoms with Gasteiger partial charge in [0.05, 0.1) is 18.4 Å². The van der Waals surface area contributed by atoms with Gasteiger partial charge in [-0.15, -0.1) is 11.3 Å². The van der Waals surface area contributed by atoms with Gasteiger partial charge in [0, 0.05) is 11.4 Å². The lowest BCUT2D eigenvalue weighted by molar-refractivity contribution is -0.142. The first-order chi connectivity index (χ1) is 11.3. The summed E-state index contributed by atoms with van der Waals surface area (Å²) in [5.74, 6) is 0.540. The molecule has 0 aliphatic carbocycles. The second-order valence-corrected chi connectivity index (χ2v) is 5.93. The Labute approximate surface area is 138 Å². The van der Waals surface area contributed by atoms with Crippen molar-refractivity contribution < 1.29 is 9.53 Å². The average Bonchev–Trinajstić information content (AvgIpc) is 3.01. The highest BCUT2D eigenvalue weighted by atomic mass is 32.1. The quantitative estimate of drug-likeness (QED) is 0.699. The van der Waals surface area contributed by atoms with E-state index in [1.54, 1.807) is 24.6 Å². The largest absolute Gasteiger partial charge is 0.466 e. The van der Waals surface area contributed by atoms with E-state index in [9.17, 15) is 4.79 Å². The average molecular weight is 327 g/mol. The van der Waals surface area contributed by atoms with Crippen molar-refractivity contribution >= 4 is 33.3 Å². The molecule has 0 bridgehead atoms. The normalized spacial score (nSPS) is 10.7. The highest BCUT2D eigenvalue weighted by Gasteiger charge is 2.10. The fourth-order valence-corrected chi connectivity index (χ4v) is 3.26. The number of rotatable bonds is 6. The van der Waals surface area contributed by atoms with Crippen LogP contribution >= 0.6 is 11.3 Å². The monoisotopic (exact) mass is 327 g/mol. The summed E-state index contributed by atoms with van der Waals surface area (Å²) < 4.78 is 4.92. The summed E-state index contributed by atoms with van der Waals surface area (Å²) in [6.07, 6.45) is 1.86. The van der Waals surface area contributed by atoms with Crippen molar-refractivity contribution in [2.24, 2.45) is 0 Å². The predicted molar refractivity (Wildman–Crippen MR) is 92.6 cm³/mol. The van der Waals surface area contributed by atoms with Gasteiger partial charge in [-0.2, -0.15) is 0 Å². The number of aromatic nitrogens is 2. The number of esters is 1. The van der Waals surface area contributed by atoms with Gasteiger partial charge in [-0.25, -0.2) is 9.97 Å². The van der Waals surface area contributed by atoms with Crippen LogP contribution in [0.4, 0.5) is 5.82 Å². The number of nitrogens with zero attached hydrogens (tertiary/aromatic N) is 2. The van der Waals surface area contributed by atoms with Crippen LogP contribution < -0.4 is 5.32 Å². The number of benzene rings is 1. The van der Waals surface area contributed by atoms with Crippen molar-refractivity contribution in [2.75, 3.05) is 18.5 Å². The van der Waals surface area contributed by atoms with E-state index >= 15 is 0 Å². The molecule has 0 spiro atoms. The van der Waals surface area contributed by atoms with Gasteiger partial charge in [0.1, 0.15) is 17.0 Å². The minimum Gasteiger partial charge on any atom is -0.466 e. The smallest absolute Gasteiger partial charge is 0.307 e. The highest BCUT2D eigenvalue weighted by Crippen LogP contribution is 2.34. The zero-order chi connectivity index (χ0) is 16.1. The van der Waals surface area contributed by atoms with Crippen LogP contribution in [0, 0.1) is 0 Å². The van der Waals surface area contributed by atoms with Crippen molar-refractivity contribution in [2.45, 2.75) is 13.3 Å². The molecule has 0 saturated carbocycles. The first kappa shape index (κ1) is 15.4. The third-order valence-electron chi connectivity index (χ3n) is 3.31. The Morgan fingerprint density at radius 1 is 1.26 bits per heavy atom. The van der Waals surface area contributed by atoms with Gasteiger partial charge < -0.3 is 10.1 Å². The van der Waals surface area contributed by atoms with Crippen LogP contribution in [-0.2, 0) is 9.53 Å². The summed E-state index contributed by atoms with van der Waals surface area (Å²) in [7, 11) is 0. The Kier molecular flexibility index (Phi) is 4.83. The zero-order valence-corrected chi connectivity index (χ0v) is 13.6. The lowest BCUT2D eigenvalue weighted by Gasteiger charge is -2.05. The van der Waals surface area contributed by atoms with Crippen molar-refractivity contribution in [1.82, 2.24) is 9.97 Å². The van der Waals surface area contributed by atoms with Crippen LogP contribution in [-0.4, -0.2) is 29.1 Å². The maximum Gasteiger partial charge on any atom is 0.307 e. The minimum absolute atomic E-state index is 0.208. The Morgan fingerprint density at radius 3 is 2.87 bits per heavy atom. The van der Waals surface area contributed by atoms with Crippen LogP contribution in [0.15, 0.2) is 42.7 Å². The Bertz CT molecular complexity index is 802. The number of carbonyl (C=O) groups is 1. The van der Waals surface area contributed by atoms with Crippen LogP contribution in [0.2, 0.25) is 0 Å². The highest BCUT2D eigenvalue weighted by molar-refractivity contribution is 7.21. The molecule has 0 fully saturated rings. The summed E-state index contributed by atoms with van der Waals surface area (Å²) in [5, 5.41) is 4.17. The lowest BCUT2D eigenvalue weighted by atomic mass is 10.2. The fourth-order valence-electron chi connectivity index (χ4n) is 2.26. The number of ether oxygens (including phenoxy) is 1. The molecular formula is C17H17N3O2S. The number of hydrogen-bond acceptors (Lipinski definition) is 6. The third-order valence-corrected chi connectivity index (χ3v) is 4.41. The van der Waals surface area contributed by atoms with Crippen LogP contribution in [0.1, 0.15) is 13.3 Å². The molecule has 3 rings (SSSR count). The minimum atomic E-state index is -0.208. The van der Waals surface area contributed by atoms with E-state index in [0.717, 1.165) is 26.5 Å². The Hall–Kier alpha value is -2.47. The lowest BCUT2D eigenvalue weighted by Crippen LogP contribution is -2.12. The van der Waals surface area contributed by atoms with E-state index in [1.165, 1.54) is 0 Å². The molecule has 0 radical (unpaired) electrons. The topological polar surface area (TPSA) is 64.1 Å². The van der Waals surface area contributed by atoms with E-state index in [4.69, 9.17) is 4.74 Å². The molecule has 0 aliphatic heterocycles. The van der Waals surface area contributed by atoms with E-state index in [-0.39, 0.29) is 5.97 Å². The predicted octanol–water partition coefficient (Wildman–Crippen LogP) is 3.72. The second-order valence-electron chi connectivity index (χ2n) is 4.90. The number of thiophene rings is 1. The summed E-state index contributed by atoms with van der Waals surface area (Å²) in [5.41, 5.74) is 1.16. The SMILES string of the molecule is CCOC(=O)CCNc1ncnc2sc(-c3ccccc3)cc12. The van der Waals surface area contributed by atoms with E-state index in [2.05, 4.69) is 33.5 Å². The molecule has 2 heterocycles. The molecular weight excluding hydrogens is 310 g/mol. The van der Waals surface area contributed by atoms with Crippen molar-refractivity contribution in [3.63, 3.8) is 0 Å². The molecule has 2 aromatic heterocycles. The molecule has 0 aliphatic rings. The molecule has 3 aromatic rings. The van der Waals surface area contributed by atoms with E-state index < -0.39 is 0 Å². The van der Waals surface area contributed by atoms with Crippen LogP contribution in [0.3, 0.4) is 0 Å². The molecule has 0 saturated heterocycles. The van der Waals surface area contributed by atoms with Crippen LogP contribution in [0.5, 0.6) is 0 Å². The Balaban J connectivity index is 1.79. The molecule has 1 aromatic carbocycles. The van der Waals surface area contributed by atoms with Gasteiger partial charge in [-0.3, -0.25) is 4.79 Å². The fraction of sp³-hybridized carbons (Fsp3) is 0.235. The molecule has 6 heteroatoms. The zero-order valence-electron chi connectivity index (χ0n) is 12.8. The van der Waals surface area contributed by atoms with Gasteiger partial charge in [0.25, 0.3) is 0 Å². The number of nitrogens with one attached hydrogen (secondary N) is 1. The summed E-state index contributed by atoms with van der Waals surface area (Å²) >= 11 is 1.63. The van der Waals surface area contributed by atoms with Gasteiger partial charge in [0.2, 0.25) is 0 Å². The summed E-state index contributed by atoms with van der Waals surface area (Å²) in [4.78, 5) is 22.1. The van der Waals surface area contributed by atoms with E-state index in [1.807, 2.05) is 18.2 Å². The molecule has 5 nitrogen and oxygen atoms in total. The standard InChI is InChI=1S/C17H17N3O2S/c1-2-22-15(21)8-9-18-16-13-10-14(12-6-4-3-5-7-12)23-17(13)20-11-19-16/h3-7,10-11H,2,8-9H2,1H3,(H,18,19,20). The number of anilines is 1. The number of fused-ring (bicyclic) bond motifs is 1. The van der Waals surface area contributed by atoms with E-state index in [0.29, 0.717) is 19.6 Å². The number of hydrogen-bond donors (Lipinski definition) is 1. The maximum absolute atomic E-state index is 11.4. The van der Waals surface area contributed by atoms with Gasteiger partial charge in [-0.05, 0) is 18.6 Å². The van der Waals surface area contributed by atoms with Gasteiger partial charge >= 0.3 is 5.97 Å². The maximum atomic E-state index is 11.4. The van der Waals surface area contributed by atoms with Crippen molar-refractivity contribution in [3.05, 3.63) is 42.7 Å². The number of carbonyl (C=O) groups excluding carboxylic acids is 1. The summed E-state index contributed by atoms with van der Waals surface area (Å²) in [6, 6.07) is 12.3. The molecule has 0 amide bonds. The molecule has 0 unspecified atom stereocenters. The molecule has 23 heavy (non-hydrogen) atoms. The third kappa shape index (κ3) is 3.65. The molecule has 1 N–H and O–H groups in total. The Morgan fingerprint density at radius 2 is 2.09 bits per heavy atom. The van der Waals surface area contributed by atoms with Crippen LogP contribution in [0.25, 0.3) is 20.7 Å². The summed E-state index contributed by atoms with van der Waals surface area (Å²) in [6.45, 7) is 2.69. The second kappa shape index (κ2) is 7.19. The first-order valence-electron chi connectivity index (χ1n) is 7.47.